The zero-order chi connectivity index (χ0) is 20.8. The summed E-state index contributed by atoms with van der Waals surface area (Å²) in [5.41, 5.74) is 4.23. The maximum absolute atomic E-state index is 6.15. The van der Waals surface area contributed by atoms with E-state index < -0.39 is 0 Å². The van der Waals surface area contributed by atoms with Crippen LogP contribution in [0.5, 0.6) is 11.5 Å². The number of aromatic nitrogens is 2. The summed E-state index contributed by atoms with van der Waals surface area (Å²) in [4.78, 5) is 8.00. The Morgan fingerprint density at radius 1 is 1.03 bits per heavy atom. The predicted octanol–water partition coefficient (Wildman–Crippen LogP) is 5.25. The minimum Gasteiger partial charge on any atom is -0.493 e. The van der Waals surface area contributed by atoms with Crippen molar-refractivity contribution in [3.05, 3.63) is 88.2 Å². The summed E-state index contributed by atoms with van der Waals surface area (Å²) in [5.74, 6) is 2.46. The lowest BCUT2D eigenvalue weighted by molar-refractivity contribution is 0.280. The lowest BCUT2D eigenvalue weighted by Crippen LogP contribution is -2.18. The van der Waals surface area contributed by atoms with Crippen molar-refractivity contribution >= 4 is 27.0 Å². The van der Waals surface area contributed by atoms with Gasteiger partial charge in [-0.3, -0.25) is 0 Å². The van der Waals surface area contributed by atoms with Crippen molar-refractivity contribution in [1.82, 2.24) is 15.3 Å². The van der Waals surface area contributed by atoms with Crippen LogP contribution in [0.25, 0.3) is 11.0 Å². The van der Waals surface area contributed by atoms with Crippen LogP contribution < -0.4 is 14.8 Å². The number of rotatable bonds is 9. The first-order chi connectivity index (χ1) is 14.7. The Morgan fingerprint density at radius 2 is 1.83 bits per heavy atom. The average Bonchev–Trinajstić information content (AvgIpc) is 3.19. The molecule has 5 nitrogen and oxygen atoms in total. The Morgan fingerprint density at radius 3 is 2.63 bits per heavy atom. The van der Waals surface area contributed by atoms with Crippen LogP contribution >= 0.6 is 15.9 Å². The summed E-state index contributed by atoms with van der Waals surface area (Å²) in [6, 6.07) is 22.2. The number of nitrogens with zero attached hydrogens (tertiary/aromatic N) is 1. The molecule has 3 aromatic carbocycles. The number of aromatic amines is 1. The Hall–Kier alpha value is -2.83. The van der Waals surface area contributed by atoms with Gasteiger partial charge in [-0.2, -0.15) is 0 Å². The van der Waals surface area contributed by atoms with E-state index in [0.29, 0.717) is 13.2 Å². The molecule has 0 amide bonds. The smallest absolute Gasteiger partial charge is 0.166 e. The van der Waals surface area contributed by atoms with Crippen LogP contribution in [0.3, 0.4) is 0 Å². The number of benzene rings is 3. The molecule has 0 unspecified atom stereocenters. The maximum atomic E-state index is 6.15. The van der Waals surface area contributed by atoms with Gasteiger partial charge in [0.15, 0.2) is 11.5 Å². The van der Waals surface area contributed by atoms with Gasteiger partial charge in [0, 0.05) is 29.5 Å². The van der Waals surface area contributed by atoms with Gasteiger partial charge >= 0.3 is 0 Å². The van der Waals surface area contributed by atoms with Crippen molar-refractivity contribution in [2.24, 2.45) is 0 Å². The molecule has 0 saturated heterocycles. The zero-order valence-corrected chi connectivity index (χ0v) is 18.4. The van der Waals surface area contributed by atoms with E-state index in [1.54, 1.807) is 7.11 Å². The zero-order valence-electron chi connectivity index (χ0n) is 16.8. The molecule has 30 heavy (non-hydrogen) atoms. The fraction of sp³-hybridized carbons (Fsp3) is 0.208. The minimum absolute atomic E-state index is 0.491. The van der Waals surface area contributed by atoms with Crippen LogP contribution in [-0.4, -0.2) is 23.6 Å². The van der Waals surface area contributed by atoms with Crippen LogP contribution in [-0.2, 0) is 19.6 Å². The number of hydrogen-bond acceptors (Lipinski definition) is 4. The number of imidazole rings is 1. The molecule has 154 valence electrons. The van der Waals surface area contributed by atoms with Gasteiger partial charge in [-0.25, -0.2) is 4.98 Å². The summed E-state index contributed by atoms with van der Waals surface area (Å²) in [7, 11) is 1.66. The quantitative estimate of drug-likeness (QED) is 0.331. The van der Waals surface area contributed by atoms with Crippen molar-refractivity contribution in [2.75, 3.05) is 13.7 Å². The molecule has 4 aromatic rings. The molecule has 0 saturated carbocycles. The molecule has 4 rings (SSSR count). The van der Waals surface area contributed by atoms with E-state index >= 15 is 0 Å². The SMILES string of the molecule is COc1cc(Br)cc(CNCCc2nc3ccccc3[nH]2)c1OCc1ccccc1. The highest BCUT2D eigenvalue weighted by Gasteiger charge is 2.13. The largest absolute Gasteiger partial charge is 0.493 e. The molecule has 0 aliphatic rings. The van der Waals surface area contributed by atoms with E-state index in [-0.39, 0.29) is 0 Å². The normalized spacial score (nSPS) is 11.0. The molecule has 0 spiro atoms. The third kappa shape index (κ3) is 5.01. The average molecular weight is 466 g/mol. The van der Waals surface area contributed by atoms with Crippen molar-refractivity contribution in [3.63, 3.8) is 0 Å². The topological polar surface area (TPSA) is 59.2 Å². The van der Waals surface area contributed by atoms with E-state index in [2.05, 4.69) is 49.4 Å². The summed E-state index contributed by atoms with van der Waals surface area (Å²) in [5, 5.41) is 3.50. The van der Waals surface area contributed by atoms with Gasteiger partial charge in [-0.05, 0) is 29.8 Å². The van der Waals surface area contributed by atoms with Gasteiger partial charge in [0.25, 0.3) is 0 Å². The van der Waals surface area contributed by atoms with Crippen LogP contribution in [0, 0.1) is 0 Å². The third-order valence-corrected chi connectivity index (χ3v) is 5.29. The molecule has 2 N–H and O–H groups in total. The molecule has 0 aliphatic heterocycles. The molecule has 1 aromatic heterocycles. The Bertz CT molecular complexity index is 1080. The highest BCUT2D eigenvalue weighted by molar-refractivity contribution is 9.10. The Kier molecular flexibility index (Phi) is 6.67. The van der Waals surface area contributed by atoms with Crippen LogP contribution in [0.1, 0.15) is 17.0 Å². The molecule has 0 radical (unpaired) electrons. The molecule has 0 aliphatic carbocycles. The number of fused-ring (bicyclic) bond motifs is 1. The number of ether oxygens (including phenoxy) is 2. The Labute approximate surface area is 184 Å². The fourth-order valence-electron chi connectivity index (χ4n) is 3.35. The van der Waals surface area contributed by atoms with Crippen LogP contribution in [0.4, 0.5) is 0 Å². The number of H-pyrrole nitrogens is 1. The number of hydrogen-bond donors (Lipinski definition) is 2. The summed E-state index contributed by atoms with van der Waals surface area (Å²) < 4.78 is 12.7. The second-order valence-corrected chi connectivity index (χ2v) is 7.91. The molecule has 1 heterocycles. The Balaban J connectivity index is 1.41. The van der Waals surface area contributed by atoms with Gasteiger partial charge in [0.1, 0.15) is 12.4 Å². The lowest BCUT2D eigenvalue weighted by Gasteiger charge is -2.16. The predicted molar refractivity (Wildman–Crippen MR) is 123 cm³/mol. The second kappa shape index (κ2) is 9.78. The standard InChI is InChI=1S/C24H24BrN3O2/c1-29-22-14-19(25)13-18(24(22)30-16-17-7-3-2-4-8-17)15-26-12-11-23-27-20-9-5-6-10-21(20)28-23/h2-10,13-14,26H,11-12,15-16H2,1H3,(H,27,28). The van der Waals surface area contributed by atoms with E-state index in [0.717, 1.165) is 56.9 Å². The van der Waals surface area contributed by atoms with E-state index in [1.165, 1.54) is 0 Å². The highest BCUT2D eigenvalue weighted by Crippen LogP contribution is 2.35. The molecular weight excluding hydrogens is 442 g/mol. The van der Waals surface area contributed by atoms with Gasteiger partial charge in [-0.1, -0.05) is 58.4 Å². The van der Waals surface area contributed by atoms with Crippen molar-refractivity contribution in [2.45, 2.75) is 19.6 Å². The number of methoxy groups -OCH3 is 1. The van der Waals surface area contributed by atoms with Crippen LogP contribution in [0.2, 0.25) is 0 Å². The van der Waals surface area contributed by atoms with Gasteiger partial charge in [0.2, 0.25) is 0 Å². The summed E-state index contributed by atoms with van der Waals surface area (Å²) in [6.45, 7) is 1.96. The third-order valence-electron chi connectivity index (χ3n) is 4.83. The molecule has 0 atom stereocenters. The summed E-state index contributed by atoms with van der Waals surface area (Å²) in [6.07, 6.45) is 0.819. The van der Waals surface area contributed by atoms with Crippen molar-refractivity contribution in [1.29, 1.82) is 0 Å². The number of nitrogens with one attached hydrogen (secondary N) is 2. The van der Waals surface area contributed by atoms with E-state index in [4.69, 9.17) is 9.47 Å². The lowest BCUT2D eigenvalue weighted by atomic mass is 10.1. The molecule has 6 heteroatoms. The first kappa shape index (κ1) is 20.4. The van der Waals surface area contributed by atoms with Crippen molar-refractivity contribution < 1.29 is 9.47 Å². The first-order valence-electron chi connectivity index (χ1n) is 9.90. The van der Waals surface area contributed by atoms with Gasteiger partial charge in [0.05, 0.1) is 18.1 Å². The number of para-hydroxylation sites is 2. The molecular formula is C24H24BrN3O2. The van der Waals surface area contributed by atoms with Crippen LogP contribution in [0.15, 0.2) is 71.2 Å². The number of halogens is 1. The van der Waals surface area contributed by atoms with Gasteiger partial charge < -0.3 is 19.8 Å². The second-order valence-electron chi connectivity index (χ2n) is 7.00. The van der Waals surface area contributed by atoms with Gasteiger partial charge in [-0.15, -0.1) is 0 Å². The first-order valence-corrected chi connectivity index (χ1v) is 10.7. The minimum atomic E-state index is 0.491. The fourth-order valence-corrected chi connectivity index (χ4v) is 3.84. The highest BCUT2D eigenvalue weighted by atomic mass is 79.9. The molecule has 0 fully saturated rings. The van der Waals surface area contributed by atoms with E-state index in [1.807, 2.05) is 48.5 Å². The van der Waals surface area contributed by atoms with Crippen molar-refractivity contribution in [3.8, 4) is 11.5 Å². The van der Waals surface area contributed by atoms with E-state index in [9.17, 15) is 0 Å². The summed E-state index contributed by atoms with van der Waals surface area (Å²) >= 11 is 3.57. The molecule has 0 bridgehead atoms. The monoisotopic (exact) mass is 465 g/mol. The maximum Gasteiger partial charge on any atom is 0.166 e.